The van der Waals surface area contributed by atoms with Crippen LogP contribution in [0.1, 0.15) is 18.5 Å². The second-order valence-corrected chi connectivity index (χ2v) is 8.02. The van der Waals surface area contributed by atoms with Crippen LogP contribution in [0.2, 0.25) is 5.02 Å². The molecular weight excluding hydrogens is 360 g/mol. The SMILES string of the molecule is CC(c1ccc(-n2cncn2)cc1)N(C)S(=O)(=O)c1cccc(Cl)c1. The van der Waals surface area contributed by atoms with E-state index in [0.29, 0.717) is 5.02 Å². The molecule has 0 amide bonds. The van der Waals surface area contributed by atoms with E-state index in [0.717, 1.165) is 11.3 Å². The van der Waals surface area contributed by atoms with E-state index in [2.05, 4.69) is 10.1 Å². The van der Waals surface area contributed by atoms with Crippen LogP contribution < -0.4 is 0 Å². The molecule has 130 valence electrons. The van der Waals surface area contributed by atoms with E-state index in [9.17, 15) is 8.42 Å². The lowest BCUT2D eigenvalue weighted by Crippen LogP contribution is -2.29. The van der Waals surface area contributed by atoms with Crippen molar-refractivity contribution in [3.05, 3.63) is 71.8 Å². The van der Waals surface area contributed by atoms with Crippen LogP contribution in [0.15, 0.2) is 66.1 Å². The third kappa shape index (κ3) is 3.58. The Labute approximate surface area is 151 Å². The lowest BCUT2D eigenvalue weighted by atomic mass is 10.1. The maximum absolute atomic E-state index is 12.8. The summed E-state index contributed by atoms with van der Waals surface area (Å²) in [5.41, 5.74) is 1.73. The normalized spacial score (nSPS) is 13.1. The van der Waals surface area contributed by atoms with Gasteiger partial charge in [0.25, 0.3) is 0 Å². The van der Waals surface area contributed by atoms with Gasteiger partial charge in [0, 0.05) is 18.1 Å². The number of aromatic nitrogens is 3. The van der Waals surface area contributed by atoms with Crippen LogP contribution in [0.25, 0.3) is 5.69 Å². The van der Waals surface area contributed by atoms with Crippen LogP contribution in [0.4, 0.5) is 0 Å². The van der Waals surface area contributed by atoms with Gasteiger partial charge in [-0.2, -0.15) is 9.40 Å². The van der Waals surface area contributed by atoms with Crippen LogP contribution in [0.5, 0.6) is 0 Å². The first-order chi connectivity index (χ1) is 11.9. The average molecular weight is 377 g/mol. The van der Waals surface area contributed by atoms with Crippen LogP contribution in [-0.2, 0) is 10.0 Å². The highest BCUT2D eigenvalue weighted by atomic mass is 35.5. The van der Waals surface area contributed by atoms with Crippen molar-refractivity contribution in [2.45, 2.75) is 17.9 Å². The molecule has 3 rings (SSSR count). The fourth-order valence-corrected chi connectivity index (χ4v) is 4.11. The van der Waals surface area contributed by atoms with Crippen LogP contribution in [-0.4, -0.2) is 34.5 Å². The molecule has 25 heavy (non-hydrogen) atoms. The van der Waals surface area contributed by atoms with Gasteiger partial charge in [-0.3, -0.25) is 0 Å². The lowest BCUT2D eigenvalue weighted by molar-refractivity contribution is 0.398. The van der Waals surface area contributed by atoms with Crippen molar-refractivity contribution in [3.63, 3.8) is 0 Å². The molecule has 2 aromatic carbocycles. The number of nitrogens with zero attached hydrogens (tertiary/aromatic N) is 4. The van der Waals surface area contributed by atoms with Gasteiger partial charge < -0.3 is 0 Å². The molecule has 1 atom stereocenters. The molecule has 1 aromatic heterocycles. The summed E-state index contributed by atoms with van der Waals surface area (Å²) >= 11 is 5.92. The minimum Gasteiger partial charge on any atom is -0.223 e. The Hall–Kier alpha value is -2.22. The van der Waals surface area contributed by atoms with Gasteiger partial charge in [0.2, 0.25) is 10.0 Å². The first-order valence-corrected chi connectivity index (χ1v) is 9.40. The van der Waals surface area contributed by atoms with E-state index in [1.54, 1.807) is 30.2 Å². The maximum Gasteiger partial charge on any atom is 0.243 e. The van der Waals surface area contributed by atoms with Crippen molar-refractivity contribution in [2.24, 2.45) is 0 Å². The molecule has 0 spiro atoms. The Kier molecular flexibility index (Phi) is 4.89. The molecule has 0 radical (unpaired) electrons. The van der Waals surface area contributed by atoms with E-state index in [1.807, 2.05) is 31.2 Å². The molecule has 8 heteroatoms. The summed E-state index contributed by atoms with van der Waals surface area (Å²) in [5.74, 6) is 0. The molecule has 6 nitrogen and oxygen atoms in total. The standard InChI is InChI=1S/C17H17ClN4O2S/c1-13(14-6-8-16(9-7-14)22-12-19-11-20-22)21(2)25(23,24)17-5-3-4-15(18)10-17/h3-13H,1-2H3. The summed E-state index contributed by atoms with van der Waals surface area (Å²) in [6.07, 6.45) is 3.07. The van der Waals surface area contributed by atoms with E-state index >= 15 is 0 Å². The van der Waals surface area contributed by atoms with Gasteiger partial charge >= 0.3 is 0 Å². The highest BCUT2D eigenvalue weighted by Crippen LogP contribution is 2.27. The van der Waals surface area contributed by atoms with Gasteiger partial charge in [-0.1, -0.05) is 29.8 Å². The minimum atomic E-state index is -3.64. The summed E-state index contributed by atoms with van der Waals surface area (Å²) in [7, 11) is -2.08. The molecule has 0 saturated heterocycles. The van der Waals surface area contributed by atoms with Crippen molar-refractivity contribution in [3.8, 4) is 5.69 Å². The largest absolute Gasteiger partial charge is 0.243 e. The van der Waals surface area contributed by atoms with Crippen molar-refractivity contribution in [1.82, 2.24) is 19.1 Å². The molecule has 1 heterocycles. The summed E-state index contributed by atoms with van der Waals surface area (Å²) in [5, 5.41) is 4.46. The molecule has 1 unspecified atom stereocenters. The van der Waals surface area contributed by atoms with E-state index in [-0.39, 0.29) is 10.9 Å². The van der Waals surface area contributed by atoms with Gasteiger partial charge in [-0.15, -0.1) is 0 Å². The van der Waals surface area contributed by atoms with Crippen LogP contribution >= 0.6 is 11.6 Å². The molecule has 0 aliphatic carbocycles. The molecule has 0 fully saturated rings. The van der Waals surface area contributed by atoms with Gasteiger partial charge in [0.15, 0.2) is 0 Å². The minimum absolute atomic E-state index is 0.175. The number of halogens is 1. The topological polar surface area (TPSA) is 68.1 Å². The number of hydrogen-bond donors (Lipinski definition) is 0. The molecule has 0 N–H and O–H groups in total. The predicted molar refractivity (Wildman–Crippen MR) is 96.2 cm³/mol. The van der Waals surface area contributed by atoms with Gasteiger partial charge in [-0.25, -0.2) is 18.1 Å². The second-order valence-electron chi connectivity index (χ2n) is 5.59. The molecule has 0 aliphatic heterocycles. The Morgan fingerprint density at radius 3 is 2.48 bits per heavy atom. The second kappa shape index (κ2) is 6.95. The quantitative estimate of drug-likeness (QED) is 0.685. The Bertz CT molecular complexity index is 957. The summed E-state index contributed by atoms with van der Waals surface area (Å²) in [4.78, 5) is 4.09. The fraction of sp³-hybridized carbons (Fsp3) is 0.176. The summed E-state index contributed by atoms with van der Waals surface area (Å²) in [6.45, 7) is 1.84. The zero-order valence-corrected chi connectivity index (χ0v) is 15.3. The zero-order valence-electron chi connectivity index (χ0n) is 13.7. The Balaban J connectivity index is 1.85. The maximum atomic E-state index is 12.8. The fourth-order valence-electron chi connectivity index (χ4n) is 2.46. The summed E-state index contributed by atoms with van der Waals surface area (Å²) in [6, 6.07) is 13.4. The summed E-state index contributed by atoms with van der Waals surface area (Å²) < 4.78 is 28.6. The van der Waals surface area contributed by atoms with Crippen LogP contribution in [0, 0.1) is 0 Å². The van der Waals surface area contributed by atoms with Gasteiger partial charge in [0.05, 0.1) is 10.6 Å². The molecule has 0 bridgehead atoms. The first-order valence-electron chi connectivity index (χ1n) is 7.58. The predicted octanol–water partition coefficient (Wildman–Crippen LogP) is 3.30. The lowest BCUT2D eigenvalue weighted by Gasteiger charge is -2.25. The number of benzene rings is 2. The number of sulfonamides is 1. The zero-order chi connectivity index (χ0) is 18.0. The Morgan fingerprint density at radius 2 is 1.88 bits per heavy atom. The monoisotopic (exact) mass is 376 g/mol. The van der Waals surface area contributed by atoms with E-state index < -0.39 is 10.0 Å². The molecule has 0 saturated carbocycles. The smallest absolute Gasteiger partial charge is 0.223 e. The van der Waals surface area contributed by atoms with Gasteiger partial charge in [-0.05, 0) is 42.8 Å². The van der Waals surface area contributed by atoms with Crippen LogP contribution in [0.3, 0.4) is 0 Å². The first kappa shape index (κ1) is 17.6. The highest BCUT2D eigenvalue weighted by Gasteiger charge is 2.26. The third-order valence-corrected chi connectivity index (χ3v) is 6.24. The Morgan fingerprint density at radius 1 is 1.16 bits per heavy atom. The molecule has 0 aliphatic rings. The molecular formula is C17H17ClN4O2S. The number of rotatable bonds is 5. The van der Waals surface area contributed by atoms with Gasteiger partial charge in [0.1, 0.15) is 12.7 Å². The number of hydrogen-bond acceptors (Lipinski definition) is 4. The van der Waals surface area contributed by atoms with Crippen molar-refractivity contribution in [1.29, 1.82) is 0 Å². The van der Waals surface area contributed by atoms with Crippen molar-refractivity contribution >= 4 is 21.6 Å². The highest BCUT2D eigenvalue weighted by molar-refractivity contribution is 7.89. The average Bonchev–Trinajstić information content (AvgIpc) is 3.15. The van der Waals surface area contributed by atoms with Crippen molar-refractivity contribution < 1.29 is 8.42 Å². The molecule has 3 aromatic rings. The van der Waals surface area contributed by atoms with Crippen molar-refractivity contribution in [2.75, 3.05) is 7.05 Å². The van der Waals surface area contributed by atoms with E-state index in [1.165, 1.54) is 22.8 Å². The third-order valence-electron chi connectivity index (χ3n) is 4.08. The van der Waals surface area contributed by atoms with E-state index in [4.69, 9.17) is 11.6 Å².